The molecule has 1 aromatic rings. The second-order valence-corrected chi connectivity index (χ2v) is 5.50. The van der Waals surface area contributed by atoms with Gasteiger partial charge < -0.3 is 15.2 Å². The summed E-state index contributed by atoms with van der Waals surface area (Å²) in [7, 11) is 0. The van der Waals surface area contributed by atoms with Crippen LogP contribution in [0.4, 0.5) is 4.39 Å². The van der Waals surface area contributed by atoms with Gasteiger partial charge in [-0.2, -0.15) is 0 Å². The van der Waals surface area contributed by atoms with E-state index in [9.17, 15) is 9.50 Å². The minimum atomic E-state index is -0.320. The van der Waals surface area contributed by atoms with E-state index in [-0.39, 0.29) is 18.0 Å². The summed E-state index contributed by atoms with van der Waals surface area (Å²) in [4.78, 5) is 0. The van der Waals surface area contributed by atoms with Crippen LogP contribution in [-0.2, 0) is 0 Å². The molecule has 0 aliphatic heterocycles. The van der Waals surface area contributed by atoms with E-state index in [1.165, 1.54) is 6.07 Å². The summed E-state index contributed by atoms with van der Waals surface area (Å²) in [6, 6.07) is 6.47. The molecule has 0 amide bonds. The van der Waals surface area contributed by atoms with Gasteiger partial charge in [0.15, 0.2) is 11.6 Å². The van der Waals surface area contributed by atoms with Crippen molar-refractivity contribution < 1.29 is 14.2 Å². The molecule has 0 radical (unpaired) electrons. The van der Waals surface area contributed by atoms with E-state index in [0.717, 1.165) is 32.2 Å². The van der Waals surface area contributed by atoms with Crippen LogP contribution in [0.3, 0.4) is 0 Å². The molecule has 0 bridgehead atoms. The largest absolute Gasteiger partial charge is 0.491 e. The number of para-hydroxylation sites is 1. The van der Waals surface area contributed by atoms with Gasteiger partial charge in [0, 0.05) is 5.54 Å². The fraction of sp³-hybridized carbons (Fsp3) is 0.625. The summed E-state index contributed by atoms with van der Waals surface area (Å²) in [6.45, 7) is 3.55. The third kappa shape index (κ3) is 3.30. The van der Waals surface area contributed by atoms with Crippen LogP contribution in [0, 0.1) is 11.7 Å². The van der Waals surface area contributed by atoms with E-state index in [1.54, 1.807) is 18.2 Å². The number of nitrogens with one attached hydrogen (secondary N) is 1. The third-order valence-corrected chi connectivity index (χ3v) is 4.33. The van der Waals surface area contributed by atoms with Crippen molar-refractivity contribution in [2.45, 2.75) is 38.1 Å². The van der Waals surface area contributed by atoms with Crippen LogP contribution in [0.2, 0.25) is 0 Å². The first-order valence-electron chi connectivity index (χ1n) is 7.45. The highest BCUT2D eigenvalue weighted by Crippen LogP contribution is 2.37. The summed E-state index contributed by atoms with van der Waals surface area (Å²) in [6.07, 6.45) is 4.05. The molecular formula is C16H24FNO2. The number of likely N-dealkylation sites (N-methyl/N-ethyl adjacent to an activating group) is 1. The predicted octanol–water partition coefficient (Wildman–Crippen LogP) is 2.74. The topological polar surface area (TPSA) is 41.5 Å². The zero-order chi connectivity index (χ0) is 14.4. The molecular weight excluding hydrogens is 257 g/mol. The maximum Gasteiger partial charge on any atom is 0.165 e. The summed E-state index contributed by atoms with van der Waals surface area (Å²) in [5, 5.41) is 13.2. The molecule has 2 rings (SSSR count). The lowest BCUT2D eigenvalue weighted by Gasteiger charge is -2.34. The minimum absolute atomic E-state index is 0.158. The quantitative estimate of drug-likeness (QED) is 0.807. The maximum atomic E-state index is 13.5. The lowest BCUT2D eigenvalue weighted by molar-refractivity contribution is 0.111. The van der Waals surface area contributed by atoms with E-state index in [1.807, 2.05) is 0 Å². The smallest absolute Gasteiger partial charge is 0.165 e. The lowest BCUT2D eigenvalue weighted by Crippen LogP contribution is -2.51. The molecule has 3 nitrogen and oxygen atoms in total. The fourth-order valence-electron chi connectivity index (χ4n) is 3.29. The number of halogens is 1. The van der Waals surface area contributed by atoms with Crippen molar-refractivity contribution in [3.05, 3.63) is 30.1 Å². The molecule has 2 unspecified atom stereocenters. The standard InChI is InChI=1S/C16H24FNO2/c1-2-18-16(12-19)10-5-6-13(16)9-11-20-15-8-4-3-7-14(15)17/h3-4,7-8,13,18-19H,2,5-6,9-12H2,1H3. The average molecular weight is 281 g/mol. The molecule has 0 saturated heterocycles. The number of benzene rings is 1. The highest BCUT2D eigenvalue weighted by Gasteiger charge is 2.41. The third-order valence-electron chi connectivity index (χ3n) is 4.33. The van der Waals surface area contributed by atoms with E-state index < -0.39 is 0 Å². The average Bonchev–Trinajstić information content (AvgIpc) is 2.85. The van der Waals surface area contributed by atoms with E-state index >= 15 is 0 Å². The van der Waals surface area contributed by atoms with Crippen molar-refractivity contribution in [1.82, 2.24) is 5.32 Å². The summed E-state index contributed by atoms with van der Waals surface area (Å²) >= 11 is 0. The van der Waals surface area contributed by atoms with Gasteiger partial charge in [-0.3, -0.25) is 0 Å². The summed E-state index contributed by atoms with van der Waals surface area (Å²) in [5.74, 6) is 0.377. The second-order valence-electron chi connectivity index (χ2n) is 5.50. The Labute approximate surface area is 120 Å². The van der Waals surface area contributed by atoms with Crippen LogP contribution in [0.5, 0.6) is 5.75 Å². The van der Waals surface area contributed by atoms with Gasteiger partial charge in [-0.05, 0) is 43.9 Å². The first-order valence-corrected chi connectivity index (χ1v) is 7.45. The number of hydrogen-bond donors (Lipinski definition) is 2. The first-order chi connectivity index (χ1) is 9.72. The summed E-state index contributed by atoms with van der Waals surface area (Å²) in [5.41, 5.74) is -0.173. The van der Waals surface area contributed by atoms with Gasteiger partial charge in [-0.1, -0.05) is 25.5 Å². The normalized spacial score (nSPS) is 25.9. The number of ether oxygens (including phenoxy) is 1. The van der Waals surface area contributed by atoms with Crippen molar-refractivity contribution in [1.29, 1.82) is 0 Å². The highest BCUT2D eigenvalue weighted by molar-refractivity contribution is 5.23. The molecule has 2 atom stereocenters. The highest BCUT2D eigenvalue weighted by atomic mass is 19.1. The van der Waals surface area contributed by atoms with Gasteiger partial charge in [0.2, 0.25) is 0 Å². The number of aliphatic hydroxyl groups excluding tert-OH is 1. The molecule has 1 fully saturated rings. The van der Waals surface area contributed by atoms with Crippen molar-refractivity contribution >= 4 is 0 Å². The molecule has 2 N–H and O–H groups in total. The zero-order valence-corrected chi connectivity index (χ0v) is 12.1. The number of hydrogen-bond acceptors (Lipinski definition) is 3. The second kappa shape index (κ2) is 7.04. The number of aliphatic hydroxyl groups is 1. The van der Waals surface area contributed by atoms with E-state index in [0.29, 0.717) is 18.3 Å². The van der Waals surface area contributed by atoms with Gasteiger partial charge in [-0.25, -0.2) is 4.39 Å². The fourth-order valence-corrected chi connectivity index (χ4v) is 3.29. The predicted molar refractivity (Wildman–Crippen MR) is 77.3 cm³/mol. The van der Waals surface area contributed by atoms with Crippen molar-refractivity contribution in [3.8, 4) is 5.75 Å². The van der Waals surface area contributed by atoms with Crippen LogP contribution >= 0.6 is 0 Å². The Morgan fingerprint density at radius 1 is 1.45 bits per heavy atom. The van der Waals surface area contributed by atoms with Gasteiger partial charge >= 0.3 is 0 Å². The van der Waals surface area contributed by atoms with Crippen LogP contribution < -0.4 is 10.1 Å². The Bertz CT molecular complexity index is 427. The lowest BCUT2D eigenvalue weighted by atomic mass is 9.85. The molecule has 1 saturated carbocycles. The minimum Gasteiger partial charge on any atom is -0.491 e. The number of rotatable bonds is 7. The maximum absolute atomic E-state index is 13.5. The van der Waals surface area contributed by atoms with Gasteiger partial charge in [0.05, 0.1) is 13.2 Å². The van der Waals surface area contributed by atoms with Crippen molar-refractivity contribution in [2.75, 3.05) is 19.8 Å². The molecule has 4 heteroatoms. The van der Waals surface area contributed by atoms with Crippen LogP contribution in [-0.4, -0.2) is 30.4 Å². The van der Waals surface area contributed by atoms with Gasteiger partial charge in [0.25, 0.3) is 0 Å². The Balaban J connectivity index is 1.88. The summed E-state index contributed by atoms with van der Waals surface area (Å²) < 4.78 is 19.0. The van der Waals surface area contributed by atoms with Crippen LogP contribution in [0.15, 0.2) is 24.3 Å². The SMILES string of the molecule is CCNC1(CO)CCCC1CCOc1ccccc1F. The monoisotopic (exact) mass is 281 g/mol. The van der Waals surface area contributed by atoms with Gasteiger partial charge in [0.1, 0.15) is 0 Å². The molecule has 1 aromatic carbocycles. The molecule has 0 heterocycles. The zero-order valence-electron chi connectivity index (χ0n) is 12.1. The van der Waals surface area contributed by atoms with Crippen molar-refractivity contribution in [3.63, 3.8) is 0 Å². The Morgan fingerprint density at radius 2 is 2.25 bits per heavy atom. The molecule has 0 spiro atoms. The Hall–Kier alpha value is -1.13. The molecule has 0 aromatic heterocycles. The molecule has 1 aliphatic rings. The van der Waals surface area contributed by atoms with Gasteiger partial charge in [-0.15, -0.1) is 0 Å². The molecule has 1 aliphatic carbocycles. The van der Waals surface area contributed by atoms with Crippen LogP contribution in [0.1, 0.15) is 32.6 Å². The van der Waals surface area contributed by atoms with Crippen molar-refractivity contribution in [2.24, 2.45) is 5.92 Å². The van der Waals surface area contributed by atoms with E-state index in [4.69, 9.17) is 4.74 Å². The Morgan fingerprint density at radius 3 is 2.95 bits per heavy atom. The van der Waals surface area contributed by atoms with E-state index in [2.05, 4.69) is 12.2 Å². The Kier molecular flexibility index (Phi) is 5.38. The molecule has 20 heavy (non-hydrogen) atoms. The molecule has 112 valence electrons. The first kappa shape index (κ1) is 15.3. The van der Waals surface area contributed by atoms with Crippen LogP contribution in [0.25, 0.3) is 0 Å².